The van der Waals surface area contributed by atoms with Gasteiger partial charge in [-0.15, -0.1) is 0 Å². The Bertz CT molecular complexity index is 736. The van der Waals surface area contributed by atoms with Gasteiger partial charge in [0.1, 0.15) is 12.6 Å². The van der Waals surface area contributed by atoms with Gasteiger partial charge in [-0.2, -0.15) is 0 Å². The molecule has 0 spiro atoms. The molecule has 5 N–H and O–H groups in total. The summed E-state index contributed by atoms with van der Waals surface area (Å²) in [5.74, 6) is 0.705. The minimum atomic E-state index is -0.304. The topological polar surface area (TPSA) is 127 Å². The Balaban J connectivity index is 0.000000438. The number of rotatable bonds is 24. The average molecular weight is 581 g/mol. The Morgan fingerprint density at radius 3 is 1.95 bits per heavy atom. The quantitative estimate of drug-likeness (QED) is 0.121. The van der Waals surface area contributed by atoms with E-state index < -0.39 is 0 Å². The molecular weight excluding hydrogens is 520 g/mol. The molecule has 0 aromatic heterocycles. The molecule has 2 rings (SSSR count). The Kier molecular flexibility index (Phi) is 23.9. The number of nitrogens with zero attached hydrogens (tertiary/aromatic N) is 1. The monoisotopic (exact) mass is 580 g/mol. The molecule has 0 fully saturated rings. The number of hydrogen-bond acceptors (Lipinski definition) is 8. The molecular formula is C33H60N2O6. The van der Waals surface area contributed by atoms with Crippen LogP contribution in [-0.2, 0) is 14.2 Å². The maximum Gasteiger partial charge on any atom is 0.216 e. The number of aliphatic hydroxyl groups excluding tert-OH is 3. The Morgan fingerprint density at radius 1 is 0.829 bits per heavy atom. The molecule has 1 unspecified atom stereocenters. The zero-order valence-electron chi connectivity index (χ0n) is 25.9. The summed E-state index contributed by atoms with van der Waals surface area (Å²) < 4.78 is 16.6. The zero-order chi connectivity index (χ0) is 30.0. The third-order valence-corrected chi connectivity index (χ3v) is 7.08. The Morgan fingerprint density at radius 2 is 1.39 bits per heavy atom. The first-order chi connectivity index (χ1) is 20.0. The largest absolute Gasteiger partial charge is 0.475 e. The average Bonchev–Trinajstić information content (AvgIpc) is 3.47. The van der Waals surface area contributed by atoms with E-state index in [9.17, 15) is 10.2 Å². The lowest BCUT2D eigenvalue weighted by Gasteiger charge is -2.12. The highest BCUT2D eigenvalue weighted by Crippen LogP contribution is 2.13. The van der Waals surface area contributed by atoms with Crippen LogP contribution in [0.4, 0.5) is 0 Å². The smallest absolute Gasteiger partial charge is 0.216 e. The minimum absolute atomic E-state index is 0.0556. The summed E-state index contributed by atoms with van der Waals surface area (Å²) in [6.45, 7) is 6.95. The van der Waals surface area contributed by atoms with Crippen molar-refractivity contribution in [1.82, 2.24) is 0 Å². The van der Waals surface area contributed by atoms with Crippen LogP contribution in [0.5, 0.6) is 0 Å². The Labute approximate surface area is 249 Å². The van der Waals surface area contributed by atoms with E-state index in [0.717, 1.165) is 31.2 Å². The van der Waals surface area contributed by atoms with Gasteiger partial charge in [0.2, 0.25) is 5.90 Å². The number of aliphatic imine (C=N–C) groups is 1. The molecule has 41 heavy (non-hydrogen) atoms. The van der Waals surface area contributed by atoms with E-state index in [1.54, 1.807) is 0 Å². The molecule has 0 radical (unpaired) electrons. The van der Waals surface area contributed by atoms with Crippen LogP contribution in [0.3, 0.4) is 0 Å². The minimum Gasteiger partial charge on any atom is -0.475 e. The van der Waals surface area contributed by atoms with Crippen LogP contribution in [0.25, 0.3) is 0 Å². The fraction of sp³-hybridized carbons (Fsp3) is 0.788. The van der Waals surface area contributed by atoms with Crippen LogP contribution >= 0.6 is 0 Å². The standard InChI is InChI=1S/C20H31NO3.C13H29NO3/c1-2-3-4-5-9-12-19(22)13-14-23-15-18-16-24-20(21-18)17-10-7-6-8-11-17;1-2-3-4-5-6-7-13(16)8-9-17-11-12(14)10-15/h6-8,10-11,18-19,22H,2-5,9,12-16H2,1H3;12-13,15-16H,2-11,14H2,1H3/t18-,19?;12-,13+/m10/s1. The van der Waals surface area contributed by atoms with Gasteiger partial charge in [0.05, 0.1) is 38.1 Å². The highest BCUT2D eigenvalue weighted by Gasteiger charge is 2.20. The van der Waals surface area contributed by atoms with Gasteiger partial charge in [0, 0.05) is 18.8 Å². The molecule has 0 aliphatic carbocycles. The first-order valence-corrected chi connectivity index (χ1v) is 16.1. The lowest BCUT2D eigenvalue weighted by molar-refractivity contribution is 0.0623. The fourth-order valence-corrected chi connectivity index (χ4v) is 4.44. The first-order valence-electron chi connectivity index (χ1n) is 16.1. The third kappa shape index (κ3) is 20.9. The van der Waals surface area contributed by atoms with Gasteiger partial charge in [-0.3, -0.25) is 0 Å². The summed E-state index contributed by atoms with van der Waals surface area (Å²) >= 11 is 0. The molecule has 8 heteroatoms. The molecule has 4 atom stereocenters. The number of hydrogen-bond donors (Lipinski definition) is 4. The van der Waals surface area contributed by atoms with E-state index in [4.69, 9.17) is 25.1 Å². The summed E-state index contributed by atoms with van der Waals surface area (Å²) in [5, 5.41) is 28.3. The molecule has 1 aromatic carbocycles. The molecule has 238 valence electrons. The van der Waals surface area contributed by atoms with Crippen molar-refractivity contribution in [2.24, 2.45) is 10.7 Å². The predicted octanol–water partition coefficient (Wildman–Crippen LogP) is 5.39. The highest BCUT2D eigenvalue weighted by molar-refractivity contribution is 5.95. The van der Waals surface area contributed by atoms with E-state index in [2.05, 4.69) is 18.8 Å². The van der Waals surface area contributed by atoms with Gasteiger partial charge in [0.25, 0.3) is 0 Å². The lowest BCUT2D eigenvalue weighted by atomic mass is 10.1. The fourth-order valence-electron chi connectivity index (χ4n) is 4.44. The zero-order valence-corrected chi connectivity index (χ0v) is 25.9. The van der Waals surface area contributed by atoms with Gasteiger partial charge in [-0.1, -0.05) is 96.3 Å². The summed E-state index contributed by atoms with van der Waals surface area (Å²) in [5.41, 5.74) is 6.49. The first kappa shape index (κ1) is 37.5. The van der Waals surface area contributed by atoms with Crippen LogP contribution in [-0.4, -0.2) is 85.2 Å². The maximum absolute atomic E-state index is 9.96. The number of ether oxygens (including phenoxy) is 3. The molecule has 0 amide bonds. The van der Waals surface area contributed by atoms with Crippen LogP contribution in [0.2, 0.25) is 0 Å². The van der Waals surface area contributed by atoms with Gasteiger partial charge >= 0.3 is 0 Å². The van der Waals surface area contributed by atoms with E-state index in [0.29, 0.717) is 51.8 Å². The second kappa shape index (κ2) is 26.1. The number of nitrogens with two attached hydrogens (primary N) is 1. The number of unbranched alkanes of at least 4 members (excludes halogenated alkanes) is 8. The van der Waals surface area contributed by atoms with Crippen molar-refractivity contribution in [3.63, 3.8) is 0 Å². The normalized spacial score (nSPS) is 16.8. The lowest BCUT2D eigenvalue weighted by Crippen LogP contribution is -2.30. The van der Waals surface area contributed by atoms with Gasteiger partial charge in [-0.05, 0) is 37.8 Å². The van der Waals surface area contributed by atoms with E-state index >= 15 is 0 Å². The molecule has 1 aliphatic rings. The molecule has 0 saturated heterocycles. The maximum atomic E-state index is 9.96. The van der Waals surface area contributed by atoms with Crippen molar-refractivity contribution in [3.05, 3.63) is 35.9 Å². The number of aliphatic hydroxyl groups is 3. The van der Waals surface area contributed by atoms with Crippen molar-refractivity contribution in [1.29, 1.82) is 0 Å². The van der Waals surface area contributed by atoms with Crippen LogP contribution in [0.15, 0.2) is 35.3 Å². The summed E-state index contributed by atoms with van der Waals surface area (Å²) in [7, 11) is 0. The van der Waals surface area contributed by atoms with E-state index in [1.807, 2.05) is 30.3 Å². The van der Waals surface area contributed by atoms with Gasteiger partial charge in [-0.25, -0.2) is 4.99 Å². The number of benzene rings is 1. The van der Waals surface area contributed by atoms with Gasteiger partial charge in [0.15, 0.2) is 0 Å². The molecule has 1 aliphatic heterocycles. The summed E-state index contributed by atoms with van der Waals surface area (Å²) in [4.78, 5) is 4.56. The molecule has 0 saturated carbocycles. The SMILES string of the molecule is CCCCCCCC(O)CCOC[C@@H]1COC(c2ccccc2)=N1.CCCCCCC[C@@H](O)CCOC[C@@H](N)CO. The highest BCUT2D eigenvalue weighted by atomic mass is 16.5. The second-order valence-corrected chi connectivity index (χ2v) is 11.1. The van der Waals surface area contributed by atoms with Crippen LogP contribution in [0, 0.1) is 0 Å². The van der Waals surface area contributed by atoms with Crippen molar-refractivity contribution in [2.75, 3.05) is 39.6 Å². The summed E-state index contributed by atoms with van der Waals surface area (Å²) in [6, 6.07) is 9.70. The van der Waals surface area contributed by atoms with Crippen molar-refractivity contribution in [2.45, 2.75) is 128 Å². The van der Waals surface area contributed by atoms with Crippen LogP contribution in [0.1, 0.15) is 109 Å². The predicted molar refractivity (Wildman–Crippen MR) is 167 cm³/mol. The molecule has 8 nitrogen and oxygen atoms in total. The molecule has 1 aromatic rings. The summed E-state index contributed by atoms with van der Waals surface area (Å²) in [6.07, 6.45) is 14.9. The molecule has 1 heterocycles. The molecule has 0 bridgehead atoms. The van der Waals surface area contributed by atoms with E-state index in [-0.39, 0.29) is 30.9 Å². The second-order valence-electron chi connectivity index (χ2n) is 11.1. The van der Waals surface area contributed by atoms with E-state index in [1.165, 1.54) is 51.4 Å². The van der Waals surface area contributed by atoms with Crippen molar-refractivity contribution >= 4 is 5.90 Å². The van der Waals surface area contributed by atoms with Crippen LogP contribution < -0.4 is 5.73 Å². The van der Waals surface area contributed by atoms with Crippen molar-refractivity contribution < 1.29 is 29.5 Å². The Hall–Kier alpha value is -1.55. The van der Waals surface area contributed by atoms with Crippen molar-refractivity contribution in [3.8, 4) is 0 Å². The van der Waals surface area contributed by atoms with Gasteiger partial charge < -0.3 is 35.3 Å². The third-order valence-electron chi connectivity index (χ3n) is 7.08.